The van der Waals surface area contributed by atoms with E-state index in [4.69, 9.17) is 5.11 Å². The predicted octanol–water partition coefficient (Wildman–Crippen LogP) is 3.29. The van der Waals surface area contributed by atoms with Crippen LogP contribution in [0.5, 0.6) is 0 Å². The van der Waals surface area contributed by atoms with E-state index in [2.05, 4.69) is 10.3 Å². The first-order valence-corrected chi connectivity index (χ1v) is 7.47. The maximum atomic E-state index is 12.1. The molecule has 3 amide bonds. The number of carbonyl (C=O) groups is 2. The average Bonchev–Trinajstić information content (AvgIpc) is 2.62. The summed E-state index contributed by atoms with van der Waals surface area (Å²) in [5.74, 6) is 0. The molecule has 1 aromatic heterocycles. The summed E-state index contributed by atoms with van der Waals surface area (Å²) in [5.41, 5.74) is 2.77. The third-order valence-electron chi connectivity index (χ3n) is 4.01. The van der Waals surface area contributed by atoms with Crippen LogP contribution >= 0.6 is 0 Å². The summed E-state index contributed by atoms with van der Waals surface area (Å²) in [6.07, 6.45) is 1.97. The number of nitrogens with one attached hydrogen (secondary N) is 1. The van der Waals surface area contributed by atoms with Crippen molar-refractivity contribution in [2.45, 2.75) is 13.0 Å². The zero-order chi connectivity index (χ0) is 18.0. The molecule has 2 heterocycles. The number of imide groups is 1. The van der Waals surface area contributed by atoms with Gasteiger partial charge in [0.1, 0.15) is 0 Å². The molecule has 25 heavy (non-hydrogen) atoms. The Morgan fingerprint density at radius 1 is 1.32 bits per heavy atom. The van der Waals surface area contributed by atoms with Crippen LogP contribution in [0.1, 0.15) is 18.5 Å². The Kier molecular flexibility index (Phi) is 4.18. The number of carbonyl (C=O) groups excluding carboxylic acids is 1. The lowest BCUT2D eigenvalue weighted by Crippen LogP contribution is -2.48. The van der Waals surface area contributed by atoms with Crippen LogP contribution in [-0.2, 0) is 0 Å². The number of benzene rings is 1. The van der Waals surface area contributed by atoms with Gasteiger partial charge in [0.2, 0.25) is 0 Å². The van der Waals surface area contributed by atoms with E-state index in [0.717, 1.165) is 11.1 Å². The zero-order valence-electron chi connectivity index (χ0n) is 13.3. The minimum Gasteiger partial charge on any atom is -0.464 e. The van der Waals surface area contributed by atoms with Crippen molar-refractivity contribution in [3.63, 3.8) is 0 Å². The van der Waals surface area contributed by atoms with Gasteiger partial charge in [0.05, 0.1) is 17.7 Å². The Hall–Kier alpha value is -3.66. The molecule has 0 spiro atoms. The maximum Gasteiger partial charge on any atom is 0.419 e. The van der Waals surface area contributed by atoms with E-state index in [1.54, 1.807) is 18.5 Å². The SMILES string of the molecule is CC1=C(C#N)C(c2cccc(-c3cccnc3)c2)NC(=O)N1C(=O)O. The van der Waals surface area contributed by atoms with Crippen molar-refractivity contribution in [2.75, 3.05) is 0 Å². The molecule has 2 N–H and O–H groups in total. The third kappa shape index (κ3) is 2.93. The number of allylic oxidation sites excluding steroid dienone is 1. The molecule has 0 fully saturated rings. The molecule has 124 valence electrons. The number of carboxylic acid groups (broad SMARTS) is 1. The minimum atomic E-state index is -1.43. The minimum absolute atomic E-state index is 0.107. The first-order chi connectivity index (χ1) is 12.0. The average molecular weight is 334 g/mol. The molecule has 1 aromatic carbocycles. The van der Waals surface area contributed by atoms with Crippen molar-refractivity contribution in [3.8, 4) is 17.2 Å². The Morgan fingerprint density at radius 3 is 2.72 bits per heavy atom. The maximum absolute atomic E-state index is 12.1. The second-order valence-electron chi connectivity index (χ2n) is 5.48. The highest BCUT2D eigenvalue weighted by molar-refractivity contribution is 5.94. The van der Waals surface area contributed by atoms with Crippen LogP contribution in [0.4, 0.5) is 9.59 Å². The van der Waals surface area contributed by atoms with Crippen LogP contribution < -0.4 is 5.32 Å². The molecule has 7 heteroatoms. The number of aromatic nitrogens is 1. The fourth-order valence-electron chi connectivity index (χ4n) is 2.80. The van der Waals surface area contributed by atoms with Gasteiger partial charge in [-0.15, -0.1) is 0 Å². The van der Waals surface area contributed by atoms with Gasteiger partial charge in [-0.25, -0.2) is 14.5 Å². The monoisotopic (exact) mass is 334 g/mol. The normalized spacial score (nSPS) is 17.0. The van der Waals surface area contributed by atoms with E-state index in [0.29, 0.717) is 10.5 Å². The number of pyridine rings is 1. The number of nitrogens with zero attached hydrogens (tertiary/aromatic N) is 3. The van der Waals surface area contributed by atoms with Crippen molar-refractivity contribution in [1.29, 1.82) is 5.26 Å². The highest BCUT2D eigenvalue weighted by atomic mass is 16.4. The first kappa shape index (κ1) is 16.2. The second-order valence-corrected chi connectivity index (χ2v) is 5.48. The van der Waals surface area contributed by atoms with Crippen LogP contribution in [0.25, 0.3) is 11.1 Å². The fraction of sp³-hybridized carbons (Fsp3) is 0.111. The van der Waals surface area contributed by atoms with Crippen LogP contribution in [0.3, 0.4) is 0 Å². The van der Waals surface area contributed by atoms with E-state index in [9.17, 15) is 14.9 Å². The summed E-state index contributed by atoms with van der Waals surface area (Å²) in [5, 5.41) is 21.2. The third-order valence-corrected chi connectivity index (χ3v) is 4.01. The number of nitriles is 1. The van der Waals surface area contributed by atoms with Gasteiger partial charge < -0.3 is 10.4 Å². The Labute approximate surface area is 143 Å². The van der Waals surface area contributed by atoms with Crippen molar-refractivity contribution in [3.05, 3.63) is 65.6 Å². The van der Waals surface area contributed by atoms with Crippen LogP contribution in [0.2, 0.25) is 0 Å². The molecule has 1 unspecified atom stereocenters. The lowest BCUT2D eigenvalue weighted by atomic mass is 9.93. The number of hydrogen-bond acceptors (Lipinski definition) is 4. The van der Waals surface area contributed by atoms with Gasteiger partial charge in [-0.05, 0) is 35.7 Å². The number of urea groups is 1. The molecule has 0 saturated heterocycles. The van der Waals surface area contributed by atoms with Crippen LogP contribution in [0, 0.1) is 11.3 Å². The summed E-state index contributed by atoms with van der Waals surface area (Å²) in [7, 11) is 0. The smallest absolute Gasteiger partial charge is 0.419 e. The van der Waals surface area contributed by atoms with Gasteiger partial charge >= 0.3 is 12.1 Å². The lowest BCUT2D eigenvalue weighted by molar-refractivity contribution is 0.155. The second kappa shape index (κ2) is 6.45. The molecule has 3 rings (SSSR count). The molecule has 1 aliphatic heterocycles. The molecule has 1 aliphatic rings. The topological polar surface area (TPSA) is 106 Å². The van der Waals surface area contributed by atoms with Gasteiger partial charge in [-0.1, -0.05) is 24.3 Å². The zero-order valence-corrected chi connectivity index (χ0v) is 13.3. The molecule has 0 aliphatic carbocycles. The van der Waals surface area contributed by atoms with Gasteiger partial charge in [0.25, 0.3) is 0 Å². The summed E-state index contributed by atoms with van der Waals surface area (Å²) in [6.45, 7) is 1.45. The first-order valence-electron chi connectivity index (χ1n) is 7.47. The van der Waals surface area contributed by atoms with Gasteiger partial charge in [0.15, 0.2) is 0 Å². The fourth-order valence-corrected chi connectivity index (χ4v) is 2.80. The molecule has 0 bridgehead atoms. The van der Waals surface area contributed by atoms with E-state index in [1.807, 2.05) is 36.4 Å². The Morgan fingerprint density at radius 2 is 2.08 bits per heavy atom. The van der Waals surface area contributed by atoms with E-state index >= 15 is 0 Å². The molecule has 1 atom stereocenters. The number of amides is 3. The largest absolute Gasteiger partial charge is 0.464 e. The van der Waals surface area contributed by atoms with Crippen molar-refractivity contribution in [1.82, 2.24) is 15.2 Å². The predicted molar refractivity (Wildman–Crippen MR) is 89.1 cm³/mol. The number of rotatable bonds is 2. The van der Waals surface area contributed by atoms with Gasteiger partial charge in [-0.3, -0.25) is 4.98 Å². The molecular weight excluding hydrogens is 320 g/mol. The summed E-state index contributed by atoms with van der Waals surface area (Å²) in [6, 6.07) is 11.6. The Bertz CT molecular complexity index is 915. The van der Waals surface area contributed by atoms with Crippen molar-refractivity contribution in [2.24, 2.45) is 0 Å². The molecule has 2 aromatic rings. The number of hydrogen-bond donors (Lipinski definition) is 2. The quantitative estimate of drug-likeness (QED) is 0.876. The van der Waals surface area contributed by atoms with Crippen molar-refractivity contribution >= 4 is 12.1 Å². The van der Waals surface area contributed by atoms with Crippen molar-refractivity contribution < 1.29 is 14.7 Å². The molecular formula is C18H14N4O3. The van der Waals surface area contributed by atoms with Gasteiger partial charge in [0, 0.05) is 18.1 Å². The molecule has 0 saturated carbocycles. The lowest BCUT2D eigenvalue weighted by Gasteiger charge is -2.31. The highest BCUT2D eigenvalue weighted by Crippen LogP contribution is 2.32. The summed E-state index contributed by atoms with van der Waals surface area (Å²) >= 11 is 0. The highest BCUT2D eigenvalue weighted by Gasteiger charge is 2.35. The van der Waals surface area contributed by atoms with Gasteiger partial charge in [-0.2, -0.15) is 5.26 Å². The summed E-state index contributed by atoms with van der Waals surface area (Å²) < 4.78 is 0. The van der Waals surface area contributed by atoms with E-state index in [1.165, 1.54) is 6.92 Å². The van der Waals surface area contributed by atoms with Crippen LogP contribution in [0.15, 0.2) is 60.1 Å². The summed E-state index contributed by atoms with van der Waals surface area (Å²) in [4.78, 5) is 28.0. The standard InChI is InChI=1S/C18H14N4O3/c1-11-15(9-19)16(21-17(23)22(11)18(24)25)13-5-2-4-12(8-13)14-6-3-7-20-10-14/h2-8,10,16H,1H3,(H,21,23)(H,24,25). The molecule has 0 radical (unpaired) electrons. The van der Waals surface area contributed by atoms with E-state index in [-0.39, 0.29) is 11.3 Å². The van der Waals surface area contributed by atoms with Crippen LogP contribution in [-0.4, -0.2) is 27.1 Å². The van der Waals surface area contributed by atoms with E-state index < -0.39 is 18.2 Å². The molecule has 7 nitrogen and oxygen atoms in total. The Balaban J connectivity index is 2.06.